The molecule has 0 amide bonds. The summed E-state index contributed by atoms with van der Waals surface area (Å²) in [7, 11) is 0. The molecule has 0 aliphatic heterocycles. The molecule has 1 atom stereocenters. The second-order valence-electron chi connectivity index (χ2n) is 5.08. The number of hydrogen-bond donors (Lipinski definition) is 1. The van der Waals surface area contributed by atoms with Crippen molar-refractivity contribution in [2.24, 2.45) is 0 Å². The minimum atomic E-state index is 0.317. The fraction of sp³-hybridized carbons (Fsp3) is 0.294. The lowest BCUT2D eigenvalue weighted by Gasteiger charge is -2.18. The zero-order chi connectivity index (χ0) is 13.9. The minimum Gasteiger partial charge on any atom is -0.306 e. The molecule has 0 radical (unpaired) electrons. The van der Waals surface area contributed by atoms with Crippen molar-refractivity contribution in [2.75, 3.05) is 6.54 Å². The number of benzene rings is 1. The Morgan fingerprint density at radius 3 is 2.70 bits per heavy atom. The molecule has 3 rings (SSSR count). The molecule has 1 aromatic carbocycles. The molecule has 20 heavy (non-hydrogen) atoms. The summed E-state index contributed by atoms with van der Waals surface area (Å²) in [6.45, 7) is 5.47. The summed E-state index contributed by atoms with van der Waals surface area (Å²) in [5.41, 5.74) is 4.23. The van der Waals surface area contributed by atoms with Gasteiger partial charge in [0.2, 0.25) is 0 Å². The van der Waals surface area contributed by atoms with Crippen molar-refractivity contribution in [1.29, 1.82) is 0 Å². The summed E-state index contributed by atoms with van der Waals surface area (Å²) < 4.78 is 1.37. The van der Waals surface area contributed by atoms with Crippen LogP contribution in [0.1, 0.15) is 36.1 Å². The molecular formula is C17H19NS2. The molecule has 0 fully saturated rings. The Kier molecular flexibility index (Phi) is 4.20. The van der Waals surface area contributed by atoms with Crippen LogP contribution in [0.25, 0.3) is 10.1 Å². The third-order valence-electron chi connectivity index (χ3n) is 3.63. The second kappa shape index (κ2) is 6.08. The van der Waals surface area contributed by atoms with Crippen LogP contribution in [0.4, 0.5) is 0 Å². The van der Waals surface area contributed by atoms with Crippen molar-refractivity contribution in [3.63, 3.8) is 0 Å². The first-order chi connectivity index (χ1) is 9.81. The van der Waals surface area contributed by atoms with Crippen molar-refractivity contribution in [2.45, 2.75) is 26.3 Å². The topological polar surface area (TPSA) is 12.0 Å². The standard InChI is InChI=1S/C17H19NS2/c1-3-8-18-17(14-10-19-9-12(14)2)15-11-20-16-7-5-4-6-13(15)16/h4-7,9-11,17-18H,3,8H2,1-2H3. The van der Waals surface area contributed by atoms with Gasteiger partial charge in [0, 0.05) is 4.70 Å². The van der Waals surface area contributed by atoms with Crippen LogP contribution in [-0.2, 0) is 0 Å². The van der Waals surface area contributed by atoms with Gasteiger partial charge in [0.15, 0.2) is 0 Å². The number of hydrogen-bond acceptors (Lipinski definition) is 3. The molecule has 0 saturated heterocycles. The maximum absolute atomic E-state index is 3.72. The average molecular weight is 301 g/mol. The number of thiophene rings is 2. The van der Waals surface area contributed by atoms with E-state index in [1.54, 1.807) is 11.3 Å². The molecule has 0 saturated carbocycles. The summed E-state index contributed by atoms with van der Waals surface area (Å²) in [6.07, 6.45) is 1.15. The molecule has 0 aliphatic carbocycles. The van der Waals surface area contributed by atoms with Crippen molar-refractivity contribution < 1.29 is 0 Å². The van der Waals surface area contributed by atoms with Gasteiger partial charge in [-0.1, -0.05) is 25.1 Å². The van der Waals surface area contributed by atoms with E-state index in [2.05, 4.69) is 59.6 Å². The van der Waals surface area contributed by atoms with Crippen LogP contribution in [0.15, 0.2) is 40.4 Å². The minimum absolute atomic E-state index is 0.317. The Hall–Kier alpha value is -1.16. The highest BCUT2D eigenvalue weighted by atomic mass is 32.1. The molecule has 3 aromatic rings. The largest absolute Gasteiger partial charge is 0.306 e. The predicted octanol–water partition coefficient (Wildman–Crippen LogP) is 5.36. The van der Waals surface area contributed by atoms with Gasteiger partial charge in [-0.3, -0.25) is 0 Å². The van der Waals surface area contributed by atoms with E-state index < -0.39 is 0 Å². The normalized spacial score (nSPS) is 12.9. The van der Waals surface area contributed by atoms with Crippen LogP contribution in [-0.4, -0.2) is 6.54 Å². The monoisotopic (exact) mass is 301 g/mol. The summed E-state index contributed by atoms with van der Waals surface area (Å²) in [6, 6.07) is 9.02. The van der Waals surface area contributed by atoms with Gasteiger partial charge in [0.25, 0.3) is 0 Å². The number of fused-ring (bicyclic) bond motifs is 1. The Morgan fingerprint density at radius 2 is 1.95 bits per heavy atom. The fourth-order valence-electron chi connectivity index (χ4n) is 2.56. The van der Waals surface area contributed by atoms with E-state index in [1.165, 1.54) is 26.8 Å². The third-order valence-corrected chi connectivity index (χ3v) is 5.49. The molecule has 1 nitrogen and oxygen atoms in total. The van der Waals surface area contributed by atoms with Crippen LogP contribution >= 0.6 is 22.7 Å². The zero-order valence-corrected chi connectivity index (χ0v) is 13.5. The summed E-state index contributed by atoms with van der Waals surface area (Å²) in [4.78, 5) is 0. The SMILES string of the molecule is CCCNC(c1cscc1C)c1csc2ccccc12. The maximum Gasteiger partial charge on any atom is 0.0601 e. The molecule has 0 bridgehead atoms. The molecule has 1 unspecified atom stereocenters. The van der Waals surface area contributed by atoms with Crippen LogP contribution in [0, 0.1) is 6.92 Å². The van der Waals surface area contributed by atoms with Gasteiger partial charge in [-0.2, -0.15) is 11.3 Å². The molecule has 2 aromatic heterocycles. The highest BCUT2D eigenvalue weighted by Crippen LogP contribution is 2.35. The smallest absolute Gasteiger partial charge is 0.0601 e. The van der Waals surface area contributed by atoms with E-state index in [-0.39, 0.29) is 0 Å². The van der Waals surface area contributed by atoms with Gasteiger partial charge >= 0.3 is 0 Å². The van der Waals surface area contributed by atoms with Crippen molar-refractivity contribution >= 4 is 32.8 Å². The van der Waals surface area contributed by atoms with Gasteiger partial charge in [0.05, 0.1) is 6.04 Å². The third kappa shape index (κ3) is 2.53. The number of rotatable bonds is 5. The zero-order valence-electron chi connectivity index (χ0n) is 11.8. The van der Waals surface area contributed by atoms with E-state index >= 15 is 0 Å². The van der Waals surface area contributed by atoms with E-state index in [1.807, 2.05) is 11.3 Å². The molecular weight excluding hydrogens is 282 g/mol. The molecule has 0 aliphatic rings. The maximum atomic E-state index is 3.72. The molecule has 0 spiro atoms. The highest BCUT2D eigenvalue weighted by molar-refractivity contribution is 7.17. The lowest BCUT2D eigenvalue weighted by Crippen LogP contribution is -2.23. The second-order valence-corrected chi connectivity index (χ2v) is 6.74. The molecule has 1 N–H and O–H groups in total. The van der Waals surface area contributed by atoms with Gasteiger partial charge < -0.3 is 5.32 Å². The van der Waals surface area contributed by atoms with Crippen molar-refractivity contribution in [1.82, 2.24) is 5.32 Å². The predicted molar refractivity (Wildman–Crippen MR) is 91.0 cm³/mol. The first kappa shape index (κ1) is 13.8. The fourth-order valence-corrected chi connectivity index (χ4v) is 4.43. The Bertz CT molecular complexity index is 696. The van der Waals surface area contributed by atoms with Gasteiger partial charge in [-0.25, -0.2) is 0 Å². The lowest BCUT2D eigenvalue weighted by atomic mass is 9.98. The van der Waals surface area contributed by atoms with Crippen LogP contribution in [0.5, 0.6) is 0 Å². The highest BCUT2D eigenvalue weighted by Gasteiger charge is 2.19. The van der Waals surface area contributed by atoms with E-state index in [0.29, 0.717) is 6.04 Å². The quantitative estimate of drug-likeness (QED) is 0.669. The van der Waals surface area contributed by atoms with E-state index in [4.69, 9.17) is 0 Å². The first-order valence-corrected chi connectivity index (χ1v) is 8.85. The molecule has 2 heterocycles. The summed E-state index contributed by atoms with van der Waals surface area (Å²) in [5, 5.41) is 11.9. The van der Waals surface area contributed by atoms with Gasteiger partial charge in [-0.15, -0.1) is 11.3 Å². The average Bonchev–Trinajstić information content (AvgIpc) is 3.07. The van der Waals surface area contributed by atoms with Gasteiger partial charge in [-0.05, 0) is 64.2 Å². The van der Waals surface area contributed by atoms with Gasteiger partial charge in [0.1, 0.15) is 0 Å². The van der Waals surface area contributed by atoms with Crippen LogP contribution in [0.2, 0.25) is 0 Å². The Balaban J connectivity index is 2.07. The van der Waals surface area contributed by atoms with Crippen molar-refractivity contribution in [3.05, 3.63) is 57.1 Å². The first-order valence-electron chi connectivity index (χ1n) is 7.03. The summed E-state index contributed by atoms with van der Waals surface area (Å²) in [5.74, 6) is 0. The number of nitrogens with one attached hydrogen (secondary N) is 1. The summed E-state index contributed by atoms with van der Waals surface area (Å²) >= 11 is 3.64. The van der Waals surface area contributed by atoms with Crippen LogP contribution < -0.4 is 5.32 Å². The van der Waals surface area contributed by atoms with E-state index in [0.717, 1.165) is 13.0 Å². The Morgan fingerprint density at radius 1 is 1.10 bits per heavy atom. The van der Waals surface area contributed by atoms with Crippen molar-refractivity contribution in [3.8, 4) is 0 Å². The molecule has 3 heteroatoms. The molecule has 104 valence electrons. The Labute approximate surface area is 128 Å². The number of aryl methyl sites for hydroxylation is 1. The van der Waals surface area contributed by atoms with E-state index in [9.17, 15) is 0 Å². The van der Waals surface area contributed by atoms with Crippen LogP contribution in [0.3, 0.4) is 0 Å². The lowest BCUT2D eigenvalue weighted by molar-refractivity contribution is 0.602.